The molecular formula is C8H3F2O3-. The summed E-state index contributed by atoms with van der Waals surface area (Å²) in [6.07, 6.45) is 0. The molecule has 1 rings (SSSR count). The first kappa shape index (κ1) is 9.31. The first-order chi connectivity index (χ1) is 6.00. The molecule has 1 aromatic rings. The zero-order chi connectivity index (χ0) is 10.0. The lowest BCUT2D eigenvalue weighted by atomic mass is 10.1. The monoisotopic (exact) mass is 185 g/mol. The van der Waals surface area contributed by atoms with Crippen LogP contribution in [0.5, 0.6) is 0 Å². The Morgan fingerprint density at radius 1 is 1.08 bits per heavy atom. The SMILES string of the molecule is O=C([O-])C(=O)c1cc(F)cc(F)c1. The zero-order valence-electron chi connectivity index (χ0n) is 6.21. The minimum absolute atomic E-state index is 0.534. The lowest BCUT2D eigenvalue weighted by molar-refractivity contribution is -0.296. The van der Waals surface area contributed by atoms with E-state index in [4.69, 9.17) is 0 Å². The number of carboxylic acid groups (broad SMARTS) is 1. The van der Waals surface area contributed by atoms with Gasteiger partial charge in [0.15, 0.2) is 0 Å². The van der Waals surface area contributed by atoms with Gasteiger partial charge in [-0.1, -0.05) is 0 Å². The number of hydrogen-bond donors (Lipinski definition) is 0. The summed E-state index contributed by atoms with van der Waals surface area (Å²) in [5, 5.41) is 10.0. The maximum absolute atomic E-state index is 12.4. The molecule has 0 heterocycles. The van der Waals surface area contributed by atoms with Crippen LogP contribution in [0.15, 0.2) is 18.2 Å². The maximum atomic E-state index is 12.4. The van der Waals surface area contributed by atoms with Crippen molar-refractivity contribution in [3.05, 3.63) is 35.4 Å². The molecule has 0 N–H and O–H groups in total. The molecule has 0 aromatic heterocycles. The Hall–Kier alpha value is -1.78. The maximum Gasteiger partial charge on any atom is 0.208 e. The zero-order valence-corrected chi connectivity index (χ0v) is 6.21. The molecule has 0 atom stereocenters. The second-order valence-electron chi connectivity index (χ2n) is 2.27. The van der Waals surface area contributed by atoms with Crippen molar-refractivity contribution in [3.63, 3.8) is 0 Å². The van der Waals surface area contributed by atoms with Gasteiger partial charge in [-0.05, 0) is 12.1 Å². The summed E-state index contributed by atoms with van der Waals surface area (Å²) in [5.41, 5.74) is -0.572. The van der Waals surface area contributed by atoms with Crippen LogP contribution in [0.2, 0.25) is 0 Å². The minimum atomic E-state index is -2.00. The largest absolute Gasteiger partial charge is 0.541 e. The van der Waals surface area contributed by atoms with E-state index in [1.54, 1.807) is 0 Å². The molecule has 3 nitrogen and oxygen atoms in total. The van der Waals surface area contributed by atoms with E-state index < -0.39 is 29.0 Å². The van der Waals surface area contributed by atoms with Crippen molar-refractivity contribution in [3.8, 4) is 0 Å². The van der Waals surface area contributed by atoms with Crippen molar-refractivity contribution in [2.75, 3.05) is 0 Å². The Labute approximate surface area is 71.6 Å². The number of carboxylic acids is 1. The molecule has 0 aliphatic rings. The normalized spacial score (nSPS) is 9.69. The van der Waals surface area contributed by atoms with Crippen LogP contribution in [0.1, 0.15) is 10.4 Å². The number of aliphatic carboxylic acids is 1. The molecule has 0 radical (unpaired) electrons. The van der Waals surface area contributed by atoms with Gasteiger partial charge < -0.3 is 9.90 Å². The molecule has 68 valence electrons. The van der Waals surface area contributed by atoms with E-state index in [0.717, 1.165) is 0 Å². The number of carbonyl (C=O) groups is 2. The van der Waals surface area contributed by atoms with E-state index in [9.17, 15) is 23.5 Å². The first-order valence-electron chi connectivity index (χ1n) is 3.22. The Kier molecular flexibility index (Phi) is 2.36. The number of rotatable bonds is 2. The molecule has 0 bridgehead atoms. The summed E-state index contributed by atoms with van der Waals surface area (Å²) in [7, 11) is 0. The summed E-state index contributed by atoms with van der Waals surface area (Å²) in [4.78, 5) is 20.7. The van der Waals surface area contributed by atoms with Gasteiger partial charge in [0, 0.05) is 11.6 Å². The van der Waals surface area contributed by atoms with Gasteiger partial charge in [-0.15, -0.1) is 0 Å². The fourth-order valence-corrected chi connectivity index (χ4v) is 0.803. The van der Waals surface area contributed by atoms with E-state index in [1.807, 2.05) is 0 Å². The highest BCUT2D eigenvalue weighted by Gasteiger charge is 2.09. The molecular weight excluding hydrogens is 182 g/mol. The van der Waals surface area contributed by atoms with Crippen molar-refractivity contribution in [2.24, 2.45) is 0 Å². The van der Waals surface area contributed by atoms with Gasteiger partial charge in [0.05, 0.1) is 0 Å². The predicted octanol–water partition coefficient (Wildman–Crippen LogP) is -0.103. The molecule has 0 saturated carbocycles. The predicted molar refractivity (Wildman–Crippen MR) is 35.7 cm³/mol. The third kappa shape index (κ3) is 2.08. The average Bonchev–Trinajstić information content (AvgIpc) is 2.01. The van der Waals surface area contributed by atoms with Crippen molar-refractivity contribution < 1.29 is 23.5 Å². The highest BCUT2D eigenvalue weighted by Crippen LogP contribution is 2.08. The summed E-state index contributed by atoms with van der Waals surface area (Å²) in [6, 6.07) is 1.79. The van der Waals surface area contributed by atoms with Crippen molar-refractivity contribution >= 4 is 11.8 Å². The van der Waals surface area contributed by atoms with Crippen molar-refractivity contribution in [1.29, 1.82) is 0 Å². The Morgan fingerprint density at radius 2 is 1.54 bits per heavy atom. The number of Topliss-reactive ketones (excluding diaryl/α,β-unsaturated/α-hetero) is 1. The van der Waals surface area contributed by atoms with E-state index in [2.05, 4.69) is 0 Å². The molecule has 0 aliphatic carbocycles. The summed E-state index contributed by atoms with van der Waals surface area (Å²) >= 11 is 0. The fraction of sp³-hybridized carbons (Fsp3) is 0. The molecule has 5 heteroatoms. The van der Waals surface area contributed by atoms with Crippen LogP contribution in [0.4, 0.5) is 8.78 Å². The number of halogens is 2. The van der Waals surface area contributed by atoms with Gasteiger partial charge in [-0.25, -0.2) is 8.78 Å². The van der Waals surface area contributed by atoms with E-state index in [-0.39, 0.29) is 0 Å². The lowest BCUT2D eigenvalue weighted by Crippen LogP contribution is -2.31. The highest BCUT2D eigenvalue weighted by atomic mass is 19.1. The van der Waals surface area contributed by atoms with Gasteiger partial charge in [0.1, 0.15) is 17.6 Å². The fourth-order valence-electron chi connectivity index (χ4n) is 0.803. The second kappa shape index (κ2) is 3.30. The molecule has 0 unspecified atom stereocenters. The number of benzene rings is 1. The third-order valence-corrected chi connectivity index (χ3v) is 1.31. The molecule has 0 spiro atoms. The van der Waals surface area contributed by atoms with E-state index in [0.29, 0.717) is 18.2 Å². The van der Waals surface area contributed by atoms with Crippen molar-refractivity contribution in [1.82, 2.24) is 0 Å². The Bertz CT molecular complexity index is 353. The van der Waals surface area contributed by atoms with Crippen LogP contribution in [0.25, 0.3) is 0 Å². The first-order valence-corrected chi connectivity index (χ1v) is 3.22. The molecule has 0 fully saturated rings. The van der Waals surface area contributed by atoms with Gasteiger partial charge >= 0.3 is 0 Å². The smallest absolute Gasteiger partial charge is 0.208 e. The molecule has 0 saturated heterocycles. The second-order valence-corrected chi connectivity index (χ2v) is 2.27. The third-order valence-electron chi connectivity index (χ3n) is 1.31. The van der Waals surface area contributed by atoms with Crippen LogP contribution < -0.4 is 5.11 Å². The van der Waals surface area contributed by atoms with Crippen LogP contribution in [-0.4, -0.2) is 11.8 Å². The van der Waals surface area contributed by atoms with Crippen LogP contribution in [-0.2, 0) is 4.79 Å². The topological polar surface area (TPSA) is 57.2 Å². The Morgan fingerprint density at radius 3 is 1.92 bits per heavy atom. The van der Waals surface area contributed by atoms with Crippen molar-refractivity contribution in [2.45, 2.75) is 0 Å². The number of hydrogen-bond acceptors (Lipinski definition) is 3. The highest BCUT2D eigenvalue weighted by molar-refractivity contribution is 6.38. The lowest BCUT2D eigenvalue weighted by Gasteiger charge is -2.01. The molecule has 13 heavy (non-hydrogen) atoms. The average molecular weight is 185 g/mol. The Balaban J connectivity index is 3.15. The summed E-state index contributed by atoms with van der Waals surface area (Å²) in [5.74, 6) is -5.46. The summed E-state index contributed by atoms with van der Waals surface area (Å²) in [6.45, 7) is 0. The van der Waals surface area contributed by atoms with E-state index >= 15 is 0 Å². The summed E-state index contributed by atoms with van der Waals surface area (Å²) < 4.78 is 24.9. The quantitative estimate of drug-likeness (QED) is 0.477. The standard InChI is InChI=1S/C8H4F2O3/c9-5-1-4(2-6(10)3-5)7(11)8(12)13/h1-3H,(H,12,13)/p-1. The van der Waals surface area contributed by atoms with Crippen LogP contribution in [0.3, 0.4) is 0 Å². The number of ketones is 1. The molecule has 0 amide bonds. The van der Waals surface area contributed by atoms with Crippen LogP contribution in [0, 0.1) is 11.6 Å². The van der Waals surface area contributed by atoms with Gasteiger partial charge in [0.2, 0.25) is 5.78 Å². The van der Waals surface area contributed by atoms with Gasteiger partial charge in [-0.2, -0.15) is 0 Å². The molecule has 0 aliphatic heterocycles. The van der Waals surface area contributed by atoms with Gasteiger partial charge in [-0.3, -0.25) is 4.79 Å². The minimum Gasteiger partial charge on any atom is -0.541 e. The van der Waals surface area contributed by atoms with Gasteiger partial charge in [0.25, 0.3) is 0 Å². The molecule has 1 aromatic carbocycles. The van der Waals surface area contributed by atoms with E-state index in [1.165, 1.54) is 0 Å². The number of carbonyl (C=O) groups excluding carboxylic acids is 2. The van der Waals surface area contributed by atoms with Crippen LogP contribution >= 0.6 is 0 Å².